The van der Waals surface area contributed by atoms with E-state index in [2.05, 4.69) is 16.9 Å². The van der Waals surface area contributed by atoms with Gasteiger partial charge in [-0.3, -0.25) is 4.79 Å². The molecule has 1 aliphatic heterocycles. The lowest BCUT2D eigenvalue weighted by Crippen LogP contribution is -2.41. The topological polar surface area (TPSA) is 67.1 Å². The van der Waals surface area contributed by atoms with E-state index < -0.39 is 8.32 Å². The maximum absolute atomic E-state index is 12.6. The van der Waals surface area contributed by atoms with Crippen molar-refractivity contribution in [1.82, 2.24) is 14.9 Å². The molecule has 5 nitrogen and oxygen atoms in total. The molecule has 128 valence electrons. The molecule has 1 aliphatic rings. The van der Waals surface area contributed by atoms with E-state index in [0.717, 1.165) is 39.2 Å². The average molecular weight is 351 g/mol. The molecule has 0 bridgehead atoms. The minimum absolute atomic E-state index is 0.0494. The molecule has 1 aromatic carbocycles. The Kier molecular flexibility index (Phi) is 3.56. The Morgan fingerprint density at radius 1 is 1.32 bits per heavy atom. The number of fused-ring (bicyclic) bond motifs is 3. The van der Waals surface area contributed by atoms with Crippen molar-refractivity contribution in [1.29, 1.82) is 0 Å². The second-order valence-electron chi connectivity index (χ2n) is 7.18. The zero-order valence-corrected chi connectivity index (χ0v) is 15.4. The zero-order valence-electron chi connectivity index (χ0n) is 14.4. The number of carbonyl (C=O) groups excluding carboxylic acids is 1. The Morgan fingerprint density at radius 3 is 2.84 bits per heavy atom. The molecule has 3 heterocycles. The molecule has 1 saturated heterocycles. The minimum Gasteiger partial charge on any atom is -0.428 e. The largest absolute Gasteiger partial charge is 0.428 e. The van der Waals surface area contributed by atoms with Crippen molar-refractivity contribution in [2.45, 2.75) is 32.0 Å². The van der Waals surface area contributed by atoms with Gasteiger partial charge in [-0.15, -0.1) is 0 Å². The number of rotatable bonds is 2. The van der Waals surface area contributed by atoms with Crippen LogP contribution in [0.2, 0.25) is 13.1 Å². The lowest BCUT2D eigenvalue weighted by molar-refractivity contribution is -0.124. The molecule has 0 saturated carbocycles. The summed E-state index contributed by atoms with van der Waals surface area (Å²) in [6.07, 6.45) is 3.21. The van der Waals surface area contributed by atoms with Crippen LogP contribution in [-0.4, -0.2) is 28.6 Å². The molecule has 4 rings (SSSR count). The summed E-state index contributed by atoms with van der Waals surface area (Å²) in [4.78, 5) is 27.7. The second-order valence-corrected chi connectivity index (χ2v) is 10.9. The highest BCUT2D eigenvalue weighted by molar-refractivity contribution is 6.83. The number of pyridine rings is 1. The van der Waals surface area contributed by atoms with Crippen molar-refractivity contribution < 1.29 is 9.59 Å². The lowest BCUT2D eigenvalue weighted by Gasteiger charge is -2.26. The number of nitrogens with one attached hydrogen (secondary N) is 1. The summed E-state index contributed by atoms with van der Waals surface area (Å²) in [5, 5.41) is 5.90. The van der Waals surface area contributed by atoms with Gasteiger partial charge in [-0.2, -0.15) is 0 Å². The highest BCUT2D eigenvalue weighted by Crippen LogP contribution is 2.33. The Balaban J connectivity index is 2.02. The average Bonchev–Trinajstić information content (AvgIpc) is 2.88. The summed E-state index contributed by atoms with van der Waals surface area (Å²) in [6.45, 7) is 7.67. The van der Waals surface area contributed by atoms with Gasteiger partial charge in [0.05, 0.1) is 5.52 Å². The predicted molar refractivity (Wildman–Crippen MR) is 102 cm³/mol. The van der Waals surface area contributed by atoms with E-state index in [4.69, 9.17) is 0 Å². The molecule has 0 radical (unpaired) electrons. The van der Waals surface area contributed by atoms with Crippen molar-refractivity contribution >= 4 is 41.3 Å². The van der Waals surface area contributed by atoms with Crippen LogP contribution in [0.15, 0.2) is 48.8 Å². The van der Waals surface area contributed by atoms with Crippen molar-refractivity contribution in [2.75, 3.05) is 0 Å². The van der Waals surface area contributed by atoms with Crippen LogP contribution in [0, 0.1) is 0 Å². The highest BCUT2D eigenvalue weighted by Gasteiger charge is 2.30. The first-order valence-corrected chi connectivity index (χ1v) is 11.4. The van der Waals surface area contributed by atoms with E-state index in [1.54, 1.807) is 6.20 Å². The monoisotopic (exact) mass is 351 g/mol. The molecule has 6 heteroatoms. The Morgan fingerprint density at radius 2 is 2.12 bits per heavy atom. The Bertz CT molecular complexity index is 1020. The fraction of sp³-hybridized carbons (Fsp3) is 0.263. The van der Waals surface area contributed by atoms with Gasteiger partial charge >= 0.3 is 0 Å². The number of aromatic nitrogens is 2. The van der Waals surface area contributed by atoms with E-state index in [-0.39, 0.29) is 11.9 Å². The van der Waals surface area contributed by atoms with Crippen LogP contribution in [0.25, 0.3) is 21.9 Å². The smallest absolute Gasteiger partial charge is 0.247 e. The maximum atomic E-state index is 12.6. The molecule has 2 N–H and O–H groups in total. The molecule has 3 aromatic rings. The van der Waals surface area contributed by atoms with Gasteiger partial charge in [0.15, 0.2) is 0 Å². The van der Waals surface area contributed by atoms with Crippen LogP contribution in [0.3, 0.4) is 0 Å². The third kappa shape index (κ3) is 2.58. The quantitative estimate of drug-likeness (QED) is 0.697. The number of nitrogens with zero attached hydrogens (tertiary/aromatic N) is 2. The number of amides is 1. The predicted octanol–water partition coefficient (Wildman–Crippen LogP) is 2.56. The first kappa shape index (κ1) is 16.0. The summed E-state index contributed by atoms with van der Waals surface area (Å²) in [5.41, 5.74) is 2.52. The highest BCUT2D eigenvalue weighted by atomic mass is 28.4. The summed E-state index contributed by atoms with van der Waals surface area (Å²) in [6, 6.07) is 9.68. The number of carbonyl (C=O) groups is 1. The molecular formula is C19H21N3O2Si. The van der Waals surface area contributed by atoms with Gasteiger partial charge in [0.25, 0.3) is 0 Å². The van der Waals surface area contributed by atoms with E-state index in [0.29, 0.717) is 6.42 Å². The lowest BCUT2D eigenvalue weighted by atomic mass is 10.0. The van der Waals surface area contributed by atoms with E-state index in [1.807, 2.05) is 48.0 Å². The fourth-order valence-corrected chi connectivity index (χ4v) is 4.56. The van der Waals surface area contributed by atoms with Gasteiger partial charge in [0.2, 0.25) is 14.2 Å². The third-order valence-electron chi connectivity index (χ3n) is 4.90. The number of piperidine rings is 1. The van der Waals surface area contributed by atoms with Crippen LogP contribution in [-0.2, 0) is 4.79 Å². The molecule has 1 fully saturated rings. The van der Waals surface area contributed by atoms with Crippen LogP contribution in [0.4, 0.5) is 0 Å². The number of allylic oxidation sites excluding steroid dienone is 1. The van der Waals surface area contributed by atoms with Gasteiger partial charge in [0.1, 0.15) is 11.7 Å². The molecule has 1 atom stereocenters. The first-order valence-electron chi connectivity index (χ1n) is 8.46. The van der Waals surface area contributed by atoms with Gasteiger partial charge < -0.3 is 14.7 Å². The van der Waals surface area contributed by atoms with Crippen LogP contribution >= 0.6 is 0 Å². The number of benzene rings is 1. The number of hydrogen-bond acceptors (Lipinski definition) is 3. The Hall–Kier alpha value is -2.44. The van der Waals surface area contributed by atoms with Gasteiger partial charge in [0, 0.05) is 22.7 Å². The van der Waals surface area contributed by atoms with Gasteiger partial charge in [-0.05, 0) is 49.3 Å². The number of hydrogen-bond donors (Lipinski definition) is 2. The summed E-state index contributed by atoms with van der Waals surface area (Å²) >= 11 is 0. The van der Waals surface area contributed by atoms with E-state index >= 15 is 0 Å². The molecule has 1 unspecified atom stereocenters. The first-order chi connectivity index (χ1) is 11.9. The van der Waals surface area contributed by atoms with Crippen LogP contribution in [0.1, 0.15) is 18.9 Å². The van der Waals surface area contributed by atoms with Crippen molar-refractivity contribution in [3.63, 3.8) is 0 Å². The standard InChI is InChI=1S/C19H21N3O2Si/c1-12-6-9-16(19(23)21-12)22-17-11-13(25(2,3)24)7-8-14(17)15-5-4-10-20-18(15)22/h4-5,7-8,10-11,16,24H,1,6,9H2,2-3H3,(H,21,23). The second kappa shape index (κ2) is 5.54. The molecular weight excluding hydrogens is 330 g/mol. The van der Waals surface area contributed by atoms with Crippen molar-refractivity contribution in [3.05, 3.63) is 48.8 Å². The van der Waals surface area contributed by atoms with E-state index in [9.17, 15) is 9.59 Å². The molecule has 1 amide bonds. The van der Waals surface area contributed by atoms with Crippen LogP contribution < -0.4 is 10.5 Å². The summed E-state index contributed by atoms with van der Waals surface area (Å²) < 4.78 is 2.02. The molecule has 2 aromatic heterocycles. The van der Waals surface area contributed by atoms with E-state index in [1.165, 1.54) is 0 Å². The van der Waals surface area contributed by atoms with Crippen molar-refractivity contribution in [3.8, 4) is 0 Å². The third-order valence-corrected chi connectivity index (χ3v) is 6.63. The summed E-state index contributed by atoms with van der Waals surface area (Å²) in [7, 11) is -2.45. The van der Waals surface area contributed by atoms with Crippen LogP contribution in [0.5, 0.6) is 0 Å². The van der Waals surface area contributed by atoms with Crippen molar-refractivity contribution in [2.24, 2.45) is 0 Å². The zero-order chi connectivity index (χ0) is 17.8. The normalized spacial score (nSPS) is 18.8. The maximum Gasteiger partial charge on any atom is 0.247 e. The molecule has 0 spiro atoms. The molecule has 0 aliphatic carbocycles. The van der Waals surface area contributed by atoms with Gasteiger partial charge in [-0.1, -0.05) is 18.7 Å². The SMILES string of the molecule is C=C1CCC(n2c3cc([Si](C)(C)O)ccc3c3cccnc32)C(=O)N1. The minimum atomic E-state index is -2.45. The molecule has 25 heavy (non-hydrogen) atoms. The summed E-state index contributed by atoms with van der Waals surface area (Å²) in [5.74, 6) is -0.0494. The fourth-order valence-electron chi connectivity index (χ4n) is 3.58. The Labute approximate surface area is 147 Å². The van der Waals surface area contributed by atoms with Gasteiger partial charge in [-0.25, -0.2) is 4.98 Å².